The summed E-state index contributed by atoms with van der Waals surface area (Å²) in [5, 5.41) is 24.6. The first kappa shape index (κ1) is 14.9. The second kappa shape index (κ2) is 6.85. The monoisotopic (exact) mass is 328 g/mol. The van der Waals surface area contributed by atoms with Crippen LogP contribution in [0.3, 0.4) is 0 Å². The van der Waals surface area contributed by atoms with Crippen molar-refractivity contribution in [2.24, 2.45) is 0 Å². The Morgan fingerprint density at radius 3 is 2.83 bits per heavy atom. The first-order valence-electron chi connectivity index (χ1n) is 8.36. The summed E-state index contributed by atoms with van der Waals surface area (Å²) in [6.07, 6.45) is 12.2. The highest BCUT2D eigenvalue weighted by molar-refractivity contribution is 4.96. The molecule has 0 amide bonds. The Kier molecular flexibility index (Phi) is 4.26. The van der Waals surface area contributed by atoms with Gasteiger partial charge in [0.1, 0.15) is 18.3 Å². The molecule has 0 atom stereocenters. The lowest BCUT2D eigenvalue weighted by Gasteiger charge is -2.20. The molecule has 0 aromatic carbocycles. The molecule has 1 fully saturated rings. The molecule has 0 unspecified atom stereocenters. The van der Waals surface area contributed by atoms with Crippen molar-refractivity contribution in [3.8, 4) is 0 Å². The summed E-state index contributed by atoms with van der Waals surface area (Å²) in [6.45, 7) is 1.22. The summed E-state index contributed by atoms with van der Waals surface area (Å²) < 4.78 is 5.54. The fourth-order valence-corrected chi connectivity index (χ4v) is 3.15. The summed E-state index contributed by atoms with van der Waals surface area (Å²) in [4.78, 5) is 3.93. The number of hydrogen-bond donors (Lipinski definition) is 0. The third-order valence-corrected chi connectivity index (χ3v) is 4.46. The number of tetrazole rings is 1. The number of aromatic nitrogens is 10. The van der Waals surface area contributed by atoms with Crippen LogP contribution < -0.4 is 0 Å². The van der Waals surface area contributed by atoms with Gasteiger partial charge in [0, 0.05) is 13.0 Å². The predicted molar refractivity (Wildman–Crippen MR) is 82.8 cm³/mol. The average Bonchev–Trinajstić information content (AvgIpc) is 3.37. The van der Waals surface area contributed by atoms with Crippen LogP contribution >= 0.6 is 0 Å². The predicted octanol–water partition coefficient (Wildman–Crippen LogP) is 0.652. The van der Waals surface area contributed by atoms with E-state index in [1.165, 1.54) is 38.4 Å². The van der Waals surface area contributed by atoms with Gasteiger partial charge in [-0.15, -0.1) is 10.2 Å². The Bertz CT molecular complexity index is 752. The zero-order valence-corrected chi connectivity index (χ0v) is 13.4. The van der Waals surface area contributed by atoms with Gasteiger partial charge in [-0.3, -0.25) is 4.68 Å². The molecule has 10 heteroatoms. The van der Waals surface area contributed by atoms with Crippen LogP contribution in [0.15, 0.2) is 18.9 Å². The van der Waals surface area contributed by atoms with Crippen LogP contribution in [0.5, 0.6) is 0 Å². The number of nitrogens with zero attached hydrogens (tertiary/aromatic N) is 10. The van der Waals surface area contributed by atoms with E-state index in [1.807, 2.05) is 10.9 Å². The van der Waals surface area contributed by atoms with E-state index >= 15 is 0 Å². The molecule has 0 bridgehead atoms. The van der Waals surface area contributed by atoms with E-state index in [-0.39, 0.29) is 0 Å². The van der Waals surface area contributed by atoms with Crippen LogP contribution in [0.2, 0.25) is 0 Å². The van der Waals surface area contributed by atoms with E-state index < -0.39 is 0 Å². The maximum atomic E-state index is 4.30. The maximum absolute atomic E-state index is 4.30. The second-order valence-electron chi connectivity index (χ2n) is 6.14. The van der Waals surface area contributed by atoms with Gasteiger partial charge in [0.2, 0.25) is 0 Å². The normalized spacial score (nSPS) is 15.8. The first-order chi connectivity index (χ1) is 11.9. The number of rotatable bonds is 6. The lowest BCUT2D eigenvalue weighted by Crippen LogP contribution is -2.13. The summed E-state index contributed by atoms with van der Waals surface area (Å²) in [5.41, 5.74) is 0.884. The minimum absolute atomic E-state index is 0.487. The Morgan fingerprint density at radius 1 is 1.08 bits per heavy atom. The molecule has 0 N–H and O–H groups in total. The molecule has 0 spiro atoms. The third-order valence-electron chi connectivity index (χ3n) is 4.46. The smallest absolute Gasteiger partial charge is 0.153 e. The van der Waals surface area contributed by atoms with Gasteiger partial charge in [-0.25, -0.2) is 14.3 Å². The van der Waals surface area contributed by atoms with Crippen LogP contribution in [0.1, 0.15) is 49.7 Å². The van der Waals surface area contributed by atoms with Crippen molar-refractivity contribution in [3.63, 3.8) is 0 Å². The van der Waals surface area contributed by atoms with Gasteiger partial charge in [-0.2, -0.15) is 5.10 Å². The molecule has 1 saturated carbocycles. The second-order valence-corrected chi connectivity index (χ2v) is 6.14. The van der Waals surface area contributed by atoms with E-state index in [1.54, 1.807) is 15.7 Å². The van der Waals surface area contributed by atoms with E-state index in [0.717, 1.165) is 11.5 Å². The Labute approximate surface area is 138 Å². The molecule has 4 rings (SSSR count). The Morgan fingerprint density at radius 2 is 2.00 bits per heavy atom. The van der Waals surface area contributed by atoms with Crippen LogP contribution in [0.4, 0.5) is 0 Å². The van der Waals surface area contributed by atoms with E-state index in [4.69, 9.17) is 0 Å². The summed E-state index contributed by atoms with van der Waals surface area (Å²) in [7, 11) is 0. The van der Waals surface area contributed by atoms with Gasteiger partial charge in [0.05, 0.1) is 18.8 Å². The van der Waals surface area contributed by atoms with Crippen molar-refractivity contribution in [2.75, 3.05) is 0 Å². The van der Waals surface area contributed by atoms with Crippen molar-refractivity contribution >= 4 is 0 Å². The van der Waals surface area contributed by atoms with E-state index in [2.05, 4.69) is 35.9 Å². The topological polar surface area (TPSA) is 105 Å². The molecule has 10 nitrogen and oxygen atoms in total. The van der Waals surface area contributed by atoms with E-state index in [0.29, 0.717) is 25.6 Å². The summed E-state index contributed by atoms with van der Waals surface area (Å²) >= 11 is 0. The molecule has 0 radical (unpaired) electrons. The average molecular weight is 328 g/mol. The lowest BCUT2D eigenvalue weighted by molar-refractivity contribution is 0.324. The Hall–Kier alpha value is -2.65. The van der Waals surface area contributed by atoms with Crippen LogP contribution in [0.25, 0.3) is 0 Å². The van der Waals surface area contributed by atoms with Crippen molar-refractivity contribution in [3.05, 3.63) is 30.4 Å². The molecule has 3 aromatic rings. The maximum Gasteiger partial charge on any atom is 0.153 e. The van der Waals surface area contributed by atoms with E-state index in [9.17, 15) is 0 Å². The number of hydrogen-bond acceptors (Lipinski definition) is 7. The standard InChI is InChI=1S/C14H20N10/c1-2-4-13(5-3-1)23-8-12(17-20-23)9-24-14(18-19-21-24)6-7-22-11-15-10-16-22/h8,10-11,13H,1-7,9H2. The van der Waals surface area contributed by atoms with Crippen LogP contribution in [-0.2, 0) is 19.5 Å². The first-order valence-corrected chi connectivity index (χ1v) is 8.36. The highest BCUT2D eigenvalue weighted by Crippen LogP contribution is 2.27. The molecular formula is C14H20N10. The van der Waals surface area contributed by atoms with Crippen molar-refractivity contribution in [1.82, 2.24) is 50.0 Å². The van der Waals surface area contributed by atoms with Crippen LogP contribution in [-0.4, -0.2) is 50.0 Å². The van der Waals surface area contributed by atoms with Gasteiger partial charge in [0.25, 0.3) is 0 Å². The van der Waals surface area contributed by atoms with Gasteiger partial charge in [0.15, 0.2) is 5.82 Å². The molecule has 3 aromatic heterocycles. The molecular weight excluding hydrogens is 308 g/mol. The van der Waals surface area contributed by atoms with Crippen molar-refractivity contribution in [2.45, 2.75) is 57.7 Å². The van der Waals surface area contributed by atoms with Crippen LogP contribution in [0, 0.1) is 0 Å². The molecule has 24 heavy (non-hydrogen) atoms. The van der Waals surface area contributed by atoms with Crippen molar-refractivity contribution < 1.29 is 0 Å². The van der Waals surface area contributed by atoms with Gasteiger partial charge in [-0.1, -0.05) is 24.5 Å². The fraction of sp³-hybridized carbons (Fsp3) is 0.643. The molecule has 0 aliphatic heterocycles. The zero-order valence-electron chi connectivity index (χ0n) is 13.4. The highest BCUT2D eigenvalue weighted by Gasteiger charge is 2.17. The molecule has 3 heterocycles. The molecule has 0 saturated heterocycles. The minimum Gasteiger partial charge on any atom is -0.253 e. The summed E-state index contributed by atoms with van der Waals surface area (Å²) in [6, 6.07) is 0.487. The number of aryl methyl sites for hydroxylation is 2. The molecule has 126 valence electrons. The lowest BCUT2D eigenvalue weighted by atomic mass is 9.96. The van der Waals surface area contributed by atoms with Gasteiger partial charge >= 0.3 is 0 Å². The summed E-state index contributed by atoms with van der Waals surface area (Å²) in [5.74, 6) is 0.803. The SMILES string of the molecule is c1ncn(CCc2nnnn2Cc2cn(C3CCCCC3)nn2)n1. The Balaban J connectivity index is 1.40. The van der Waals surface area contributed by atoms with Crippen molar-refractivity contribution in [1.29, 1.82) is 0 Å². The third kappa shape index (κ3) is 3.31. The largest absolute Gasteiger partial charge is 0.253 e. The minimum atomic E-state index is 0.487. The quantitative estimate of drug-likeness (QED) is 0.654. The highest BCUT2D eigenvalue weighted by atomic mass is 15.5. The zero-order chi connectivity index (χ0) is 16.2. The fourth-order valence-electron chi connectivity index (χ4n) is 3.15. The molecule has 1 aliphatic rings. The van der Waals surface area contributed by atoms with Gasteiger partial charge in [-0.05, 0) is 23.3 Å². The van der Waals surface area contributed by atoms with Gasteiger partial charge < -0.3 is 0 Å². The molecule has 1 aliphatic carbocycles.